The van der Waals surface area contributed by atoms with Gasteiger partial charge in [-0.25, -0.2) is 4.57 Å². The third-order valence-electron chi connectivity index (χ3n) is 11.5. The number of hydrogen-bond acceptors (Lipinski definition) is 5. The molecule has 8 nitrogen and oxygen atoms in total. The van der Waals surface area contributed by atoms with E-state index in [-0.39, 0.29) is 19.1 Å². The number of unbranched alkanes of at least 4 members (excludes halogenated alkanes) is 26. The molecule has 3 atom stereocenters. The molecule has 0 heterocycles. The number of nitrogens with zero attached hydrogens (tertiary/aromatic N) is 1. The molecule has 0 bridgehead atoms. The van der Waals surface area contributed by atoms with Gasteiger partial charge in [-0.2, -0.15) is 0 Å². The third kappa shape index (κ3) is 48.0. The lowest BCUT2D eigenvalue weighted by Gasteiger charge is -2.25. The summed E-state index contributed by atoms with van der Waals surface area (Å²) in [5.74, 6) is -0.190. The van der Waals surface area contributed by atoms with Gasteiger partial charge in [-0.05, 0) is 70.6 Å². The first-order chi connectivity index (χ1) is 30.5. The molecule has 0 aromatic carbocycles. The molecule has 0 aromatic heterocycles. The standard InChI is InChI=1S/C54H101N2O6P/c1-6-8-10-12-14-16-18-20-21-22-23-24-25-26-27-28-29-30-31-32-33-34-35-36-38-40-42-44-46-48-54(58)55-52(51-62-63(59,60)61-50-49-56(3,4)5)53(57)47-45-43-41-39-37-19-17-15-13-11-9-7-2/h18,20,22-23,25-26,37,39,45,47,52-53,57H,6-17,19,21,24,27-36,38,40-44,46,48-51H2,1-5H3,(H-,55,58,59,60)/p+1/b20-18-,23-22-,26-25-,39-37+,47-45+. The van der Waals surface area contributed by atoms with Crippen LogP contribution in [-0.2, 0) is 18.4 Å². The van der Waals surface area contributed by atoms with Gasteiger partial charge in [0, 0.05) is 6.42 Å². The first-order valence-electron chi connectivity index (χ1n) is 26.2. The number of aliphatic hydroxyl groups is 1. The van der Waals surface area contributed by atoms with E-state index >= 15 is 0 Å². The number of hydrogen-bond donors (Lipinski definition) is 3. The van der Waals surface area contributed by atoms with Crippen molar-refractivity contribution in [2.24, 2.45) is 0 Å². The Morgan fingerprint density at radius 1 is 0.540 bits per heavy atom. The molecule has 3 unspecified atom stereocenters. The molecule has 3 N–H and O–H groups in total. The van der Waals surface area contributed by atoms with Gasteiger partial charge in [0.15, 0.2) is 0 Å². The van der Waals surface area contributed by atoms with Gasteiger partial charge >= 0.3 is 7.82 Å². The Morgan fingerprint density at radius 3 is 1.38 bits per heavy atom. The molecule has 0 rings (SSSR count). The van der Waals surface area contributed by atoms with Crippen LogP contribution < -0.4 is 5.32 Å². The van der Waals surface area contributed by atoms with Gasteiger partial charge < -0.3 is 19.8 Å². The number of amides is 1. The van der Waals surface area contributed by atoms with E-state index in [1.54, 1.807) is 6.08 Å². The highest BCUT2D eigenvalue weighted by atomic mass is 31.2. The number of likely N-dealkylation sites (N-methyl/N-ethyl adjacent to an activating group) is 1. The molecule has 0 aliphatic rings. The maximum absolute atomic E-state index is 12.9. The molecule has 0 radical (unpaired) electrons. The molecule has 0 saturated carbocycles. The van der Waals surface area contributed by atoms with E-state index < -0.39 is 20.0 Å². The normalized spacial score (nSPS) is 14.6. The maximum Gasteiger partial charge on any atom is 0.472 e. The van der Waals surface area contributed by atoms with Crippen molar-refractivity contribution < 1.29 is 32.9 Å². The van der Waals surface area contributed by atoms with Crippen LogP contribution in [0.2, 0.25) is 0 Å². The van der Waals surface area contributed by atoms with Crippen LogP contribution in [-0.4, -0.2) is 73.4 Å². The second kappa shape index (κ2) is 45.4. The minimum Gasteiger partial charge on any atom is -0.387 e. The second-order valence-corrected chi connectivity index (χ2v) is 20.3. The van der Waals surface area contributed by atoms with Gasteiger partial charge in [0.1, 0.15) is 13.2 Å². The number of nitrogens with one attached hydrogen (secondary N) is 1. The van der Waals surface area contributed by atoms with E-state index in [0.717, 1.165) is 51.4 Å². The highest BCUT2D eigenvalue weighted by Gasteiger charge is 2.27. The SMILES string of the molecule is CCCCCCC/C=C\C/C=C\C/C=C\CCCCCCCCCCCCCCCCC(=O)NC(COP(=O)(O)OCC[N+](C)(C)C)C(O)/C=C/CC/C=C/CCCCCCCC. The highest BCUT2D eigenvalue weighted by molar-refractivity contribution is 7.47. The first-order valence-corrected chi connectivity index (χ1v) is 27.7. The van der Waals surface area contributed by atoms with E-state index in [2.05, 4.69) is 67.8 Å². The smallest absolute Gasteiger partial charge is 0.387 e. The molecule has 368 valence electrons. The van der Waals surface area contributed by atoms with Crippen LogP contribution in [0.3, 0.4) is 0 Å². The Balaban J connectivity index is 4.15. The summed E-state index contributed by atoms with van der Waals surface area (Å²) in [5, 5.41) is 13.8. The Bertz CT molecular complexity index is 1210. The minimum absolute atomic E-state index is 0.0546. The fraction of sp³-hybridized carbons (Fsp3) is 0.796. The molecule has 0 spiro atoms. The van der Waals surface area contributed by atoms with Crippen LogP contribution in [0.15, 0.2) is 60.8 Å². The first kappa shape index (κ1) is 61.2. The number of quaternary nitrogens is 1. The summed E-state index contributed by atoms with van der Waals surface area (Å²) in [6.45, 7) is 4.76. The summed E-state index contributed by atoms with van der Waals surface area (Å²) < 4.78 is 23.6. The zero-order valence-corrected chi connectivity index (χ0v) is 42.7. The summed E-state index contributed by atoms with van der Waals surface area (Å²) in [7, 11) is 1.55. The lowest BCUT2D eigenvalue weighted by Crippen LogP contribution is -2.45. The predicted octanol–water partition coefficient (Wildman–Crippen LogP) is 15.4. The number of carbonyl (C=O) groups is 1. The molecular formula is C54H102N2O6P+. The van der Waals surface area contributed by atoms with Gasteiger partial charge in [-0.1, -0.05) is 209 Å². The minimum atomic E-state index is -4.35. The summed E-state index contributed by atoms with van der Waals surface area (Å²) in [6.07, 6.45) is 60.3. The van der Waals surface area contributed by atoms with Crippen molar-refractivity contribution in [1.29, 1.82) is 0 Å². The monoisotopic (exact) mass is 906 g/mol. The van der Waals surface area contributed by atoms with Crippen molar-refractivity contribution in [2.45, 2.75) is 238 Å². The fourth-order valence-corrected chi connectivity index (χ4v) is 8.04. The second-order valence-electron chi connectivity index (χ2n) is 18.9. The van der Waals surface area contributed by atoms with Gasteiger partial charge in [-0.3, -0.25) is 13.8 Å². The van der Waals surface area contributed by atoms with Crippen molar-refractivity contribution in [2.75, 3.05) is 40.9 Å². The topological polar surface area (TPSA) is 105 Å². The Kier molecular flexibility index (Phi) is 44.1. The molecule has 1 amide bonds. The molecule has 9 heteroatoms. The maximum atomic E-state index is 12.9. The zero-order valence-electron chi connectivity index (χ0n) is 41.8. The van der Waals surface area contributed by atoms with Crippen molar-refractivity contribution in [3.05, 3.63) is 60.8 Å². The van der Waals surface area contributed by atoms with Crippen LogP contribution >= 0.6 is 7.82 Å². The Hall–Kier alpha value is -1.80. The van der Waals surface area contributed by atoms with E-state index in [1.807, 2.05) is 27.2 Å². The van der Waals surface area contributed by atoms with Crippen LogP contribution in [0.4, 0.5) is 0 Å². The fourth-order valence-electron chi connectivity index (χ4n) is 7.30. The molecular weight excluding hydrogens is 804 g/mol. The molecule has 63 heavy (non-hydrogen) atoms. The lowest BCUT2D eigenvalue weighted by atomic mass is 10.0. The molecule has 0 aliphatic heterocycles. The van der Waals surface area contributed by atoms with E-state index in [1.165, 1.54) is 154 Å². The number of allylic oxidation sites excluding steroid dienone is 9. The molecule has 0 fully saturated rings. The zero-order chi connectivity index (χ0) is 46.4. The number of rotatable bonds is 47. The average Bonchev–Trinajstić information content (AvgIpc) is 3.24. The van der Waals surface area contributed by atoms with Gasteiger partial charge in [0.25, 0.3) is 0 Å². The average molecular weight is 906 g/mol. The van der Waals surface area contributed by atoms with Gasteiger partial charge in [-0.15, -0.1) is 0 Å². The lowest BCUT2D eigenvalue weighted by molar-refractivity contribution is -0.870. The summed E-state index contributed by atoms with van der Waals surface area (Å²) >= 11 is 0. The van der Waals surface area contributed by atoms with Gasteiger partial charge in [0.2, 0.25) is 5.91 Å². The number of carbonyl (C=O) groups excluding carboxylic acids is 1. The van der Waals surface area contributed by atoms with Crippen LogP contribution in [0, 0.1) is 0 Å². The third-order valence-corrected chi connectivity index (χ3v) is 12.4. The highest BCUT2D eigenvalue weighted by Crippen LogP contribution is 2.43. The quantitative estimate of drug-likeness (QED) is 0.0243. The number of phosphoric ester groups is 1. The van der Waals surface area contributed by atoms with Gasteiger partial charge in [0.05, 0.1) is 39.9 Å². The van der Waals surface area contributed by atoms with Crippen LogP contribution in [0.1, 0.15) is 226 Å². The summed E-state index contributed by atoms with van der Waals surface area (Å²) in [4.78, 5) is 23.2. The Morgan fingerprint density at radius 2 is 0.921 bits per heavy atom. The van der Waals surface area contributed by atoms with E-state index in [4.69, 9.17) is 9.05 Å². The Labute approximate surface area is 390 Å². The summed E-state index contributed by atoms with van der Waals surface area (Å²) in [5.41, 5.74) is 0. The van der Waals surface area contributed by atoms with Crippen molar-refractivity contribution in [3.63, 3.8) is 0 Å². The molecule has 0 aromatic rings. The number of aliphatic hydroxyl groups excluding tert-OH is 1. The van der Waals surface area contributed by atoms with Crippen molar-refractivity contribution in [1.82, 2.24) is 5.32 Å². The van der Waals surface area contributed by atoms with Crippen molar-refractivity contribution in [3.8, 4) is 0 Å². The molecule has 0 saturated heterocycles. The number of phosphoric acid groups is 1. The van der Waals surface area contributed by atoms with Crippen molar-refractivity contribution >= 4 is 13.7 Å². The summed E-state index contributed by atoms with van der Waals surface area (Å²) in [6, 6.07) is -0.864. The largest absolute Gasteiger partial charge is 0.472 e. The van der Waals surface area contributed by atoms with Crippen LogP contribution in [0.25, 0.3) is 0 Å². The van der Waals surface area contributed by atoms with E-state index in [0.29, 0.717) is 17.4 Å². The predicted molar refractivity (Wildman–Crippen MR) is 272 cm³/mol. The van der Waals surface area contributed by atoms with Crippen LogP contribution in [0.5, 0.6) is 0 Å². The molecule has 0 aliphatic carbocycles. The van der Waals surface area contributed by atoms with E-state index in [9.17, 15) is 19.4 Å².